The fraction of sp³-hybridized carbons (Fsp3) is 0.250. The number of furan rings is 1. The molecule has 1 atom stereocenters. The summed E-state index contributed by atoms with van der Waals surface area (Å²) in [6.07, 6.45) is 1.56. The number of hydrogen-bond donors (Lipinski definition) is 0. The summed E-state index contributed by atoms with van der Waals surface area (Å²) in [6, 6.07) is 21.2. The zero-order chi connectivity index (χ0) is 20.9. The molecule has 1 aromatic heterocycles. The minimum atomic E-state index is -0.350. The first-order chi connectivity index (χ1) is 14.7. The van der Waals surface area contributed by atoms with Gasteiger partial charge in [0, 0.05) is 31.7 Å². The number of methoxy groups -OCH3 is 1. The minimum Gasteiger partial charge on any atom is -0.497 e. The summed E-state index contributed by atoms with van der Waals surface area (Å²) in [4.78, 5) is 17.0. The van der Waals surface area contributed by atoms with E-state index < -0.39 is 0 Å². The summed E-state index contributed by atoms with van der Waals surface area (Å²) in [7, 11) is 1.62. The lowest BCUT2D eigenvalue weighted by molar-refractivity contribution is 0.0577. The maximum atomic E-state index is 13.1. The van der Waals surface area contributed by atoms with Crippen molar-refractivity contribution in [3.05, 3.63) is 78.3 Å². The Morgan fingerprint density at radius 2 is 1.73 bits per heavy atom. The Morgan fingerprint density at radius 1 is 1.03 bits per heavy atom. The zero-order valence-electron chi connectivity index (χ0n) is 16.8. The predicted octanol–water partition coefficient (Wildman–Crippen LogP) is 3.98. The van der Waals surface area contributed by atoms with Crippen molar-refractivity contribution in [1.82, 2.24) is 9.80 Å². The van der Waals surface area contributed by atoms with E-state index in [1.54, 1.807) is 18.3 Å². The highest BCUT2D eigenvalue weighted by atomic mass is 16.5. The van der Waals surface area contributed by atoms with Gasteiger partial charge >= 0.3 is 0 Å². The molecule has 1 unspecified atom stereocenters. The monoisotopic (exact) mass is 401 g/mol. The van der Waals surface area contributed by atoms with Crippen molar-refractivity contribution in [3.63, 3.8) is 0 Å². The van der Waals surface area contributed by atoms with E-state index >= 15 is 0 Å². The average molecular weight is 401 g/mol. The van der Waals surface area contributed by atoms with Crippen molar-refractivity contribution in [1.29, 1.82) is 5.26 Å². The van der Waals surface area contributed by atoms with Crippen molar-refractivity contribution in [2.45, 2.75) is 6.04 Å². The fourth-order valence-electron chi connectivity index (χ4n) is 3.80. The smallest absolute Gasteiger partial charge is 0.290 e. The number of rotatable bonds is 5. The van der Waals surface area contributed by atoms with Crippen molar-refractivity contribution in [2.24, 2.45) is 0 Å². The third kappa shape index (κ3) is 3.93. The number of carbonyl (C=O) groups excluding carboxylic acids is 1. The predicted molar refractivity (Wildman–Crippen MR) is 113 cm³/mol. The van der Waals surface area contributed by atoms with Crippen LogP contribution in [0.3, 0.4) is 0 Å². The Kier molecular flexibility index (Phi) is 5.82. The van der Waals surface area contributed by atoms with Crippen LogP contribution in [-0.2, 0) is 0 Å². The largest absolute Gasteiger partial charge is 0.497 e. The summed E-state index contributed by atoms with van der Waals surface area (Å²) in [5, 5.41) is 9.73. The molecule has 1 amide bonds. The molecule has 0 saturated carbocycles. The van der Waals surface area contributed by atoms with Crippen molar-refractivity contribution in [2.75, 3.05) is 33.3 Å². The maximum Gasteiger partial charge on any atom is 0.290 e. The second-order valence-electron chi connectivity index (χ2n) is 7.16. The standard InChI is InChI=1S/C24H23N3O3/c1-29-20-9-7-19(8-10-20)22(17-25)26-12-14-27(15-13-26)24(28)23-21(11-16-30-23)18-5-3-2-4-6-18/h2-11,16,22H,12-15H2,1H3. The Bertz CT molecular complexity index is 1030. The number of piperazine rings is 1. The highest BCUT2D eigenvalue weighted by Crippen LogP contribution is 2.28. The molecule has 1 saturated heterocycles. The number of amides is 1. The summed E-state index contributed by atoms with van der Waals surface area (Å²) in [5.41, 5.74) is 2.68. The zero-order valence-corrected chi connectivity index (χ0v) is 16.8. The maximum absolute atomic E-state index is 13.1. The quantitative estimate of drug-likeness (QED) is 0.647. The second kappa shape index (κ2) is 8.85. The van der Waals surface area contributed by atoms with E-state index in [1.807, 2.05) is 60.7 Å². The van der Waals surface area contributed by atoms with Crippen LogP contribution in [0.5, 0.6) is 5.75 Å². The van der Waals surface area contributed by atoms with Crippen molar-refractivity contribution in [3.8, 4) is 22.9 Å². The van der Waals surface area contributed by atoms with E-state index in [0.29, 0.717) is 31.9 Å². The van der Waals surface area contributed by atoms with Crippen LogP contribution in [-0.4, -0.2) is 49.0 Å². The van der Waals surface area contributed by atoms with Crippen LogP contribution in [0.1, 0.15) is 22.2 Å². The third-order valence-electron chi connectivity index (χ3n) is 5.46. The van der Waals surface area contributed by atoms with Gasteiger partial charge in [-0.1, -0.05) is 42.5 Å². The fourth-order valence-corrected chi connectivity index (χ4v) is 3.80. The number of ether oxygens (including phenoxy) is 1. The van der Waals surface area contributed by atoms with E-state index in [4.69, 9.17) is 9.15 Å². The van der Waals surface area contributed by atoms with Crippen LogP contribution in [0.15, 0.2) is 71.3 Å². The van der Waals surface area contributed by atoms with Crippen LogP contribution in [0.2, 0.25) is 0 Å². The van der Waals surface area contributed by atoms with E-state index in [1.165, 1.54) is 0 Å². The number of benzene rings is 2. The van der Waals surface area contributed by atoms with Gasteiger partial charge in [0.1, 0.15) is 11.8 Å². The Hall–Kier alpha value is -3.56. The Labute approximate surface area is 175 Å². The third-order valence-corrected chi connectivity index (χ3v) is 5.46. The molecule has 4 rings (SSSR count). The second-order valence-corrected chi connectivity index (χ2v) is 7.16. The normalized spacial score (nSPS) is 15.4. The number of nitrogens with zero attached hydrogens (tertiary/aromatic N) is 3. The van der Waals surface area contributed by atoms with Gasteiger partial charge in [0.25, 0.3) is 5.91 Å². The minimum absolute atomic E-state index is 0.114. The summed E-state index contributed by atoms with van der Waals surface area (Å²) < 4.78 is 10.7. The topological polar surface area (TPSA) is 69.7 Å². The molecule has 0 N–H and O–H groups in total. The molecule has 1 aliphatic rings. The van der Waals surface area contributed by atoms with Crippen LogP contribution in [0, 0.1) is 11.3 Å². The van der Waals surface area contributed by atoms with Crippen molar-refractivity contribution >= 4 is 5.91 Å². The molecule has 0 aliphatic carbocycles. The van der Waals surface area contributed by atoms with Gasteiger partial charge in [-0.25, -0.2) is 0 Å². The number of carbonyl (C=O) groups is 1. The molecule has 0 radical (unpaired) electrons. The first-order valence-corrected chi connectivity index (χ1v) is 9.91. The van der Waals surface area contributed by atoms with E-state index in [-0.39, 0.29) is 11.9 Å². The van der Waals surface area contributed by atoms with E-state index in [0.717, 1.165) is 22.4 Å². The Morgan fingerprint density at radius 3 is 2.37 bits per heavy atom. The number of hydrogen-bond acceptors (Lipinski definition) is 5. The molecular weight excluding hydrogens is 378 g/mol. The summed E-state index contributed by atoms with van der Waals surface area (Å²) >= 11 is 0. The van der Waals surface area contributed by atoms with Gasteiger partial charge in [-0.15, -0.1) is 0 Å². The molecule has 3 aromatic rings. The highest BCUT2D eigenvalue weighted by Gasteiger charge is 2.29. The molecule has 6 nitrogen and oxygen atoms in total. The van der Waals surface area contributed by atoms with Crippen molar-refractivity contribution < 1.29 is 13.9 Å². The molecule has 1 fully saturated rings. The lowest BCUT2D eigenvalue weighted by Crippen LogP contribution is -2.49. The number of nitriles is 1. The molecule has 30 heavy (non-hydrogen) atoms. The highest BCUT2D eigenvalue weighted by molar-refractivity contribution is 5.98. The van der Waals surface area contributed by atoms with Crippen LogP contribution < -0.4 is 4.74 Å². The van der Waals surface area contributed by atoms with Gasteiger partial charge in [-0.3, -0.25) is 9.69 Å². The van der Waals surface area contributed by atoms with E-state index in [2.05, 4.69) is 11.0 Å². The first-order valence-electron chi connectivity index (χ1n) is 9.91. The van der Waals surface area contributed by atoms with Gasteiger partial charge in [-0.05, 0) is 29.3 Å². The molecule has 1 aliphatic heterocycles. The Balaban J connectivity index is 1.44. The van der Waals surface area contributed by atoms with Gasteiger partial charge in [0.15, 0.2) is 5.76 Å². The molecule has 2 heterocycles. The van der Waals surface area contributed by atoms with Crippen LogP contribution in [0.4, 0.5) is 0 Å². The lowest BCUT2D eigenvalue weighted by Gasteiger charge is -2.36. The molecular formula is C24H23N3O3. The molecule has 0 bridgehead atoms. The van der Waals surface area contributed by atoms with Gasteiger partial charge in [-0.2, -0.15) is 5.26 Å². The van der Waals surface area contributed by atoms with E-state index in [9.17, 15) is 10.1 Å². The average Bonchev–Trinajstić information content (AvgIpc) is 3.30. The molecule has 152 valence electrons. The summed E-state index contributed by atoms with van der Waals surface area (Å²) in [5.74, 6) is 1.01. The molecule has 6 heteroatoms. The SMILES string of the molecule is COc1ccc(C(C#N)N2CCN(C(=O)c3occc3-c3ccccc3)CC2)cc1. The molecule has 0 spiro atoms. The molecule has 2 aromatic carbocycles. The first kappa shape index (κ1) is 19.7. The van der Waals surface area contributed by atoms with Crippen LogP contribution >= 0.6 is 0 Å². The van der Waals surface area contributed by atoms with Crippen LogP contribution in [0.25, 0.3) is 11.1 Å². The van der Waals surface area contributed by atoms with Gasteiger partial charge in [0.05, 0.1) is 19.4 Å². The summed E-state index contributed by atoms with van der Waals surface area (Å²) in [6.45, 7) is 2.33. The van der Waals surface area contributed by atoms with Gasteiger partial charge in [0.2, 0.25) is 0 Å². The van der Waals surface area contributed by atoms with Gasteiger partial charge < -0.3 is 14.1 Å². The lowest BCUT2D eigenvalue weighted by atomic mass is 10.0.